The van der Waals surface area contributed by atoms with Crippen LogP contribution >= 0.6 is 45.9 Å². The Morgan fingerprint density at radius 3 is 2.84 bits per heavy atom. The molecule has 0 bridgehead atoms. The summed E-state index contributed by atoms with van der Waals surface area (Å²) in [7, 11) is 0. The van der Waals surface area contributed by atoms with E-state index in [0.717, 1.165) is 27.4 Å². The van der Waals surface area contributed by atoms with Crippen LogP contribution in [-0.2, 0) is 6.54 Å². The minimum Gasteiger partial charge on any atom is -0.362 e. The second-order valence-corrected chi connectivity index (χ2v) is 8.54. The van der Waals surface area contributed by atoms with E-state index >= 15 is 0 Å². The van der Waals surface area contributed by atoms with E-state index < -0.39 is 0 Å². The average Bonchev–Trinajstić information content (AvgIpc) is 3.22. The number of fused-ring (bicyclic) bond motifs is 1. The zero-order valence-corrected chi connectivity index (χ0v) is 16.2. The number of hydrogen-bond acceptors (Lipinski definition) is 7. The number of thiazole rings is 1. The van der Waals surface area contributed by atoms with Gasteiger partial charge >= 0.3 is 0 Å². The first-order valence-corrected chi connectivity index (χ1v) is 10.3. The van der Waals surface area contributed by atoms with E-state index in [1.807, 2.05) is 5.38 Å². The van der Waals surface area contributed by atoms with Crippen LogP contribution in [0.3, 0.4) is 0 Å². The highest BCUT2D eigenvalue weighted by Gasteiger charge is 2.27. The fourth-order valence-corrected chi connectivity index (χ4v) is 5.40. The number of allylic oxidation sites excluding steroid dienone is 1. The molecule has 0 saturated carbocycles. The van der Waals surface area contributed by atoms with Gasteiger partial charge in [0, 0.05) is 28.4 Å². The second-order valence-electron chi connectivity index (χ2n) is 5.79. The maximum absolute atomic E-state index is 6.64. The van der Waals surface area contributed by atoms with Crippen molar-refractivity contribution >= 4 is 61.9 Å². The largest absolute Gasteiger partial charge is 0.362 e. The number of nitrogens with zero attached hydrogens (tertiary/aromatic N) is 3. The van der Waals surface area contributed by atoms with Gasteiger partial charge in [0.05, 0.1) is 16.3 Å². The molecule has 3 aromatic heterocycles. The summed E-state index contributed by atoms with van der Waals surface area (Å²) in [5, 5.41) is 7.03. The molecule has 0 saturated heterocycles. The van der Waals surface area contributed by atoms with Gasteiger partial charge in [-0.25, -0.2) is 9.97 Å². The van der Waals surface area contributed by atoms with Gasteiger partial charge in [-0.3, -0.25) is 0 Å². The summed E-state index contributed by atoms with van der Waals surface area (Å²) in [6.45, 7) is 0.580. The highest BCUT2D eigenvalue weighted by Crippen LogP contribution is 2.44. The zero-order valence-electron chi connectivity index (χ0n) is 13.1. The van der Waals surface area contributed by atoms with Crippen LogP contribution in [0.2, 0.25) is 10.3 Å². The Labute approximate surface area is 162 Å². The number of nitrogens with two attached hydrogens (primary N) is 1. The first-order chi connectivity index (χ1) is 12.1. The normalized spacial score (nSPS) is 20.3. The molecule has 0 radical (unpaired) electrons. The van der Waals surface area contributed by atoms with Gasteiger partial charge in [0.1, 0.15) is 16.3 Å². The smallest absolute Gasteiger partial charge is 0.225 e. The summed E-state index contributed by atoms with van der Waals surface area (Å²) in [4.78, 5) is 14.0. The molecular formula is C16H15Cl2N5S2. The molecule has 5 nitrogen and oxygen atoms in total. The number of rotatable bonds is 4. The molecule has 0 fully saturated rings. The van der Waals surface area contributed by atoms with Gasteiger partial charge in [0.15, 0.2) is 0 Å². The standard InChI is InChI=1S/C16H15Cl2N5S2/c17-11-12-14(25-13(11)8-3-1-2-4-9(8)19)15(23-16(18)22-12)21-7-10-20-5-6-24-10/h1-2,5-6,8-9H,3-4,7,19H2,(H,21,22,23)/t8-,9-/m0/s1. The number of halogens is 2. The van der Waals surface area contributed by atoms with Crippen LogP contribution in [0.15, 0.2) is 23.7 Å². The van der Waals surface area contributed by atoms with E-state index in [-0.39, 0.29) is 17.2 Å². The molecule has 0 unspecified atom stereocenters. The molecule has 3 heterocycles. The molecule has 0 aliphatic heterocycles. The average molecular weight is 412 g/mol. The van der Waals surface area contributed by atoms with Crippen molar-refractivity contribution in [3.63, 3.8) is 0 Å². The number of nitrogens with one attached hydrogen (secondary N) is 1. The van der Waals surface area contributed by atoms with Crippen LogP contribution in [0.1, 0.15) is 28.6 Å². The van der Waals surface area contributed by atoms with Crippen molar-refractivity contribution in [1.29, 1.82) is 0 Å². The van der Waals surface area contributed by atoms with E-state index in [1.54, 1.807) is 28.9 Å². The van der Waals surface area contributed by atoms with E-state index in [4.69, 9.17) is 28.9 Å². The topological polar surface area (TPSA) is 76.7 Å². The van der Waals surface area contributed by atoms with Gasteiger partial charge in [0.2, 0.25) is 5.28 Å². The van der Waals surface area contributed by atoms with Gasteiger partial charge < -0.3 is 11.1 Å². The molecule has 0 amide bonds. The van der Waals surface area contributed by atoms with Crippen molar-refractivity contribution < 1.29 is 0 Å². The van der Waals surface area contributed by atoms with Crippen LogP contribution in [0.25, 0.3) is 10.2 Å². The van der Waals surface area contributed by atoms with Crippen LogP contribution in [-0.4, -0.2) is 21.0 Å². The Morgan fingerprint density at radius 2 is 2.08 bits per heavy atom. The lowest BCUT2D eigenvalue weighted by Crippen LogP contribution is -2.29. The molecule has 25 heavy (non-hydrogen) atoms. The number of aromatic nitrogens is 3. The van der Waals surface area contributed by atoms with E-state index in [0.29, 0.717) is 22.9 Å². The molecule has 4 rings (SSSR count). The van der Waals surface area contributed by atoms with Crippen LogP contribution in [0, 0.1) is 0 Å². The summed E-state index contributed by atoms with van der Waals surface area (Å²) in [6.07, 6.45) is 7.81. The van der Waals surface area contributed by atoms with E-state index in [9.17, 15) is 0 Å². The third-order valence-corrected chi connectivity index (χ3v) is 6.94. The fourth-order valence-electron chi connectivity index (χ4n) is 2.93. The third kappa shape index (κ3) is 3.39. The van der Waals surface area contributed by atoms with Crippen molar-refractivity contribution in [3.8, 4) is 0 Å². The van der Waals surface area contributed by atoms with Gasteiger partial charge in [0.25, 0.3) is 0 Å². The minimum atomic E-state index is 0.0609. The zero-order chi connectivity index (χ0) is 17.4. The predicted octanol–water partition coefficient (Wildman–Crippen LogP) is 4.83. The first-order valence-electron chi connectivity index (χ1n) is 7.81. The van der Waals surface area contributed by atoms with Gasteiger partial charge in [-0.05, 0) is 24.4 Å². The molecule has 3 N–H and O–H groups in total. The maximum Gasteiger partial charge on any atom is 0.225 e. The van der Waals surface area contributed by atoms with E-state index in [2.05, 4.69) is 32.4 Å². The molecule has 1 aliphatic carbocycles. The molecule has 3 aromatic rings. The quantitative estimate of drug-likeness (QED) is 0.474. The Hall–Kier alpha value is -1.25. The maximum atomic E-state index is 6.64. The summed E-state index contributed by atoms with van der Waals surface area (Å²) >= 11 is 15.9. The molecule has 9 heteroatoms. The number of hydrogen-bond donors (Lipinski definition) is 2. The molecular weight excluding hydrogens is 397 g/mol. The van der Waals surface area contributed by atoms with Crippen LogP contribution in [0.4, 0.5) is 5.82 Å². The minimum absolute atomic E-state index is 0.0609. The Kier molecular flexibility index (Phi) is 4.92. The van der Waals surface area contributed by atoms with Crippen molar-refractivity contribution in [2.24, 2.45) is 5.73 Å². The van der Waals surface area contributed by atoms with Crippen molar-refractivity contribution in [3.05, 3.63) is 43.9 Å². The molecule has 0 aromatic carbocycles. The molecule has 0 spiro atoms. The summed E-state index contributed by atoms with van der Waals surface area (Å²) in [5.41, 5.74) is 6.99. The predicted molar refractivity (Wildman–Crippen MR) is 106 cm³/mol. The monoisotopic (exact) mass is 411 g/mol. The van der Waals surface area contributed by atoms with Crippen LogP contribution in [0.5, 0.6) is 0 Å². The van der Waals surface area contributed by atoms with Gasteiger partial charge in [-0.15, -0.1) is 22.7 Å². The Bertz CT molecular complexity index is 922. The molecule has 2 atom stereocenters. The van der Waals surface area contributed by atoms with Gasteiger partial charge in [-0.2, -0.15) is 4.98 Å². The highest BCUT2D eigenvalue weighted by atomic mass is 35.5. The van der Waals surface area contributed by atoms with Crippen molar-refractivity contribution in [2.45, 2.75) is 31.3 Å². The second kappa shape index (κ2) is 7.17. The first kappa shape index (κ1) is 17.2. The fraction of sp³-hybridized carbons (Fsp3) is 0.312. The Morgan fingerprint density at radius 1 is 1.24 bits per heavy atom. The Balaban J connectivity index is 1.73. The molecule has 130 valence electrons. The van der Waals surface area contributed by atoms with Gasteiger partial charge in [-0.1, -0.05) is 23.8 Å². The van der Waals surface area contributed by atoms with Crippen molar-refractivity contribution in [1.82, 2.24) is 15.0 Å². The summed E-state index contributed by atoms with van der Waals surface area (Å²) < 4.78 is 0.905. The third-order valence-electron chi connectivity index (χ3n) is 4.18. The number of thiophene rings is 1. The SMILES string of the molecule is N[C@H]1CC=CC[C@@H]1c1sc2c(NCc3nccs3)nc(Cl)nc2c1Cl. The number of anilines is 1. The van der Waals surface area contributed by atoms with E-state index in [1.165, 1.54) is 0 Å². The molecule has 1 aliphatic rings. The lowest BCUT2D eigenvalue weighted by molar-refractivity contribution is 0.528. The lowest BCUT2D eigenvalue weighted by Gasteiger charge is -2.24. The summed E-state index contributed by atoms with van der Waals surface area (Å²) in [5.74, 6) is 0.880. The highest BCUT2D eigenvalue weighted by molar-refractivity contribution is 7.20. The van der Waals surface area contributed by atoms with Crippen LogP contribution < -0.4 is 11.1 Å². The lowest BCUT2D eigenvalue weighted by atomic mass is 9.88. The summed E-state index contributed by atoms with van der Waals surface area (Å²) in [6, 6.07) is 0.0609. The van der Waals surface area contributed by atoms with Crippen molar-refractivity contribution in [2.75, 3.05) is 5.32 Å².